The van der Waals surface area contributed by atoms with Crippen LogP contribution in [0.15, 0.2) is 48.5 Å². The van der Waals surface area contributed by atoms with Crippen LogP contribution in [0.4, 0.5) is 10.1 Å². The average Bonchev–Trinajstić information content (AvgIpc) is 2.69. The highest BCUT2D eigenvalue weighted by molar-refractivity contribution is 7.80. The predicted molar refractivity (Wildman–Crippen MR) is 108 cm³/mol. The van der Waals surface area contributed by atoms with Gasteiger partial charge in [0.2, 0.25) is 0 Å². The molecule has 3 rings (SSSR count). The maximum Gasteiger partial charge on any atom is 0.251 e. The molecule has 0 spiro atoms. The predicted octanol–water partition coefficient (Wildman–Crippen LogP) is 3.43. The standard InChI is InChI=1S/C20H22FN3O2S/c1-26-18-4-2-3-17(13-18)23-20(27)24-11-9-16(10-12-24)22-19(25)14-5-7-15(21)8-6-14/h2-8,13,16H,9-12H2,1H3,(H,22,25)(H,23,27). The number of piperidine rings is 1. The van der Waals surface area contributed by atoms with Crippen molar-refractivity contribution in [2.45, 2.75) is 18.9 Å². The van der Waals surface area contributed by atoms with Crippen LogP contribution in [-0.4, -0.2) is 42.2 Å². The van der Waals surface area contributed by atoms with Gasteiger partial charge in [-0.15, -0.1) is 0 Å². The summed E-state index contributed by atoms with van der Waals surface area (Å²) in [5, 5.41) is 6.90. The number of halogens is 1. The summed E-state index contributed by atoms with van der Waals surface area (Å²) < 4.78 is 18.2. The Morgan fingerprint density at radius 1 is 1.19 bits per heavy atom. The molecule has 1 aliphatic heterocycles. The van der Waals surface area contributed by atoms with E-state index in [4.69, 9.17) is 17.0 Å². The fraction of sp³-hybridized carbons (Fsp3) is 0.300. The molecule has 7 heteroatoms. The number of amides is 1. The molecule has 142 valence electrons. The lowest BCUT2D eigenvalue weighted by Gasteiger charge is -2.34. The van der Waals surface area contributed by atoms with Crippen molar-refractivity contribution in [2.75, 3.05) is 25.5 Å². The normalized spacial score (nSPS) is 14.5. The Morgan fingerprint density at radius 2 is 1.89 bits per heavy atom. The van der Waals surface area contributed by atoms with Gasteiger partial charge in [-0.2, -0.15) is 0 Å². The van der Waals surface area contributed by atoms with E-state index in [0.29, 0.717) is 10.7 Å². The first-order chi connectivity index (χ1) is 13.0. The van der Waals surface area contributed by atoms with Gasteiger partial charge in [0.15, 0.2) is 5.11 Å². The van der Waals surface area contributed by atoms with Gasteiger partial charge in [0.05, 0.1) is 7.11 Å². The number of thiocarbonyl (C=S) groups is 1. The van der Waals surface area contributed by atoms with Gasteiger partial charge in [0.1, 0.15) is 11.6 Å². The zero-order valence-electron chi connectivity index (χ0n) is 15.1. The quantitative estimate of drug-likeness (QED) is 0.788. The van der Waals surface area contributed by atoms with Crippen LogP contribution in [-0.2, 0) is 0 Å². The first-order valence-electron chi connectivity index (χ1n) is 8.81. The number of hydrogen-bond donors (Lipinski definition) is 2. The van der Waals surface area contributed by atoms with Crippen molar-refractivity contribution in [3.05, 3.63) is 59.9 Å². The molecule has 0 unspecified atom stereocenters. The van der Waals surface area contributed by atoms with Crippen LogP contribution in [0.5, 0.6) is 5.75 Å². The molecule has 0 radical (unpaired) electrons. The van der Waals surface area contributed by atoms with Crippen LogP contribution < -0.4 is 15.4 Å². The van der Waals surface area contributed by atoms with Gasteiger partial charge in [-0.25, -0.2) is 4.39 Å². The van der Waals surface area contributed by atoms with Gasteiger partial charge >= 0.3 is 0 Å². The topological polar surface area (TPSA) is 53.6 Å². The molecule has 0 aromatic heterocycles. The number of carbonyl (C=O) groups is 1. The molecule has 0 atom stereocenters. The minimum Gasteiger partial charge on any atom is -0.497 e. The summed E-state index contributed by atoms with van der Waals surface area (Å²) in [6, 6.07) is 13.3. The summed E-state index contributed by atoms with van der Waals surface area (Å²) >= 11 is 5.50. The molecule has 1 amide bonds. The van der Waals surface area contributed by atoms with Crippen LogP contribution in [0.2, 0.25) is 0 Å². The molecule has 2 aromatic rings. The van der Waals surface area contributed by atoms with E-state index >= 15 is 0 Å². The Hall–Kier alpha value is -2.67. The molecule has 0 bridgehead atoms. The minimum atomic E-state index is -0.350. The van der Waals surface area contributed by atoms with Gasteiger partial charge in [-0.05, 0) is 61.5 Å². The van der Waals surface area contributed by atoms with Crippen LogP contribution in [0.25, 0.3) is 0 Å². The lowest BCUT2D eigenvalue weighted by Crippen LogP contribution is -2.47. The van der Waals surface area contributed by atoms with Crippen molar-refractivity contribution >= 4 is 28.9 Å². The Morgan fingerprint density at radius 3 is 2.56 bits per heavy atom. The number of benzene rings is 2. The van der Waals surface area contributed by atoms with E-state index in [1.165, 1.54) is 24.3 Å². The third-order valence-electron chi connectivity index (χ3n) is 4.54. The van der Waals surface area contributed by atoms with Crippen molar-refractivity contribution in [3.8, 4) is 5.75 Å². The second-order valence-electron chi connectivity index (χ2n) is 6.40. The van der Waals surface area contributed by atoms with E-state index in [-0.39, 0.29) is 17.8 Å². The number of likely N-dealkylation sites (tertiary alicyclic amines) is 1. The highest BCUT2D eigenvalue weighted by Gasteiger charge is 2.22. The molecule has 2 N–H and O–H groups in total. The Labute approximate surface area is 163 Å². The molecule has 1 saturated heterocycles. The number of methoxy groups -OCH3 is 1. The van der Waals surface area contributed by atoms with E-state index < -0.39 is 0 Å². The summed E-state index contributed by atoms with van der Waals surface area (Å²) in [5.41, 5.74) is 1.35. The van der Waals surface area contributed by atoms with Crippen molar-refractivity contribution in [2.24, 2.45) is 0 Å². The Bertz CT molecular complexity index is 805. The number of ether oxygens (including phenoxy) is 1. The largest absolute Gasteiger partial charge is 0.497 e. The van der Waals surface area contributed by atoms with E-state index in [9.17, 15) is 9.18 Å². The molecule has 27 heavy (non-hydrogen) atoms. The molecule has 2 aromatic carbocycles. The summed E-state index contributed by atoms with van der Waals surface area (Å²) in [6.07, 6.45) is 1.60. The lowest BCUT2D eigenvalue weighted by atomic mass is 10.0. The zero-order chi connectivity index (χ0) is 19.2. The van der Waals surface area contributed by atoms with Crippen molar-refractivity contribution < 1.29 is 13.9 Å². The third-order valence-corrected chi connectivity index (χ3v) is 4.91. The summed E-state index contributed by atoms with van der Waals surface area (Å²) in [7, 11) is 1.63. The van der Waals surface area contributed by atoms with Gasteiger partial charge in [-0.3, -0.25) is 4.79 Å². The lowest BCUT2D eigenvalue weighted by molar-refractivity contribution is 0.0922. The average molecular weight is 387 g/mol. The number of rotatable bonds is 4. The van der Waals surface area contributed by atoms with Gasteiger partial charge in [0.25, 0.3) is 5.91 Å². The number of anilines is 1. The van der Waals surface area contributed by atoms with Crippen LogP contribution in [0.1, 0.15) is 23.2 Å². The first kappa shape index (κ1) is 19.1. The maximum atomic E-state index is 13.0. The van der Waals surface area contributed by atoms with Crippen molar-refractivity contribution in [3.63, 3.8) is 0 Å². The van der Waals surface area contributed by atoms with Gasteiger partial charge in [-0.1, -0.05) is 6.07 Å². The molecule has 0 aliphatic carbocycles. The fourth-order valence-electron chi connectivity index (χ4n) is 3.00. The molecule has 1 aliphatic rings. The van der Waals surface area contributed by atoms with Crippen LogP contribution in [0.3, 0.4) is 0 Å². The summed E-state index contributed by atoms with van der Waals surface area (Å²) in [6.45, 7) is 1.51. The van der Waals surface area contributed by atoms with E-state index in [1.807, 2.05) is 24.3 Å². The maximum absolute atomic E-state index is 13.0. The number of nitrogens with one attached hydrogen (secondary N) is 2. The molecule has 1 fully saturated rings. The number of hydrogen-bond acceptors (Lipinski definition) is 3. The summed E-state index contributed by atoms with van der Waals surface area (Å²) in [5.74, 6) is 0.243. The van der Waals surface area contributed by atoms with E-state index in [0.717, 1.165) is 37.4 Å². The SMILES string of the molecule is COc1cccc(NC(=S)N2CCC(NC(=O)c3ccc(F)cc3)CC2)c1. The van der Waals surface area contributed by atoms with Gasteiger partial charge in [0, 0.05) is 36.4 Å². The number of carbonyl (C=O) groups excluding carboxylic acids is 1. The van der Waals surface area contributed by atoms with Crippen LogP contribution in [0, 0.1) is 5.82 Å². The first-order valence-corrected chi connectivity index (χ1v) is 9.22. The van der Waals surface area contributed by atoms with Crippen molar-refractivity contribution in [1.82, 2.24) is 10.2 Å². The zero-order valence-corrected chi connectivity index (χ0v) is 15.9. The van der Waals surface area contributed by atoms with E-state index in [1.54, 1.807) is 7.11 Å². The molecule has 5 nitrogen and oxygen atoms in total. The Balaban J connectivity index is 1.48. The van der Waals surface area contributed by atoms with Crippen molar-refractivity contribution in [1.29, 1.82) is 0 Å². The molecule has 0 saturated carbocycles. The smallest absolute Gasteiger partial charge is 0.251 e. The second-order valence-corrected chi connectivity index (χ2v) is 6.79. The molecular formula is C20H22FN3O2S. The fourth-order valence-corrected chi connectivity index (χ4v) is 3.30. The van der Waals surface area contributed by atoms with Crippen LogP contribution >= 0.6 is 12.2 Å². The molecular weight excluding hydrogens is 365 g/mol. The van der Waals surface area contributed by atoms with Gasteiger partial charge < -0.3 is 20.3 Å². The second kappa shape index (κ2) is 8.81. The number of nitrogens with zero attached hydrogens (tertiary/aromatic N) is 1. The van der Waals surface area contributed by atoms with E-state index in [2.05, 4.69) is 15.5 Å². The summed E-state index contributed by atoms with van der Waals surface area (Å²) in [4.78, 5) is 14.3. The monoisotopic (exact) mass is 387 g/mol. The third kappa shape index (κ3) is 5.17. The minimum absolute atomic E-state index is 0.0819. The highest BCUT2D eigenvalue weighted by Crippen LogP contribution is 2.18. The Kier molecular flexibility index (Phi) is 6.24. The highest BCUT2D eigenvalue weighted by atomic mass is 32.1. The molecule has 1 heterocycles.